The van der Waals surface area contributed by atoms with Gasteiger partial charge in [-0.2, -0.15) is 0 Å². The molecule has 3 nitrogen and oxygen atoms in total. The van der Waals surface area contributed by atoms with Crippen LogP contribution in [0, 0.1) is 0 Å². The predicted octanol–water partition coefficient (Wildman–Crippen LogP) is 4.07. The van der Waals surface area contributed by atoms with E-state index in [-0.39, 0.29) is 5.91 Å². The molecular weight excluding hydrogens is 260 g/mol. The monoisotopic (exact) mass is 270 g/mol. The molecule has 0 saturated heterocycles. The Labute approximate surface area is 115 Å². The summed E-state index contributed by atoms with van der Waals surface area (Å²) in [6, 6.07) is 14.5. The molecule has 0 saturated carbocycles. The summed E-state index contributed by atoms with van der Waals surface area (Å²) in [7, 11) is 0. The fraction of sp³-hybridized carbons (Fsp3) is 0. The molecule has 0 aliphatic heterocycles. The molecule has 3 rings (SSSR count). The lowest BCUT2D eigenvalue weighted by molar-refractivity contribution is 0.102. The maximum Gasteiger partial charge on any atom is 0.255 e. The predicted molar refractivity (Wildman–Crippen MR) is 77.7 cm³/mol. The third-order valence-electron chi connectivity index (χ3n) is 2.92. The Balaban J connectivity index is 1.84. The number of fused-ring (bicyclic) bond motifs is 1. The van der Waals surface area contributed by atoms with E-state index >= 15 is 0 Å². The van der Waals surface area contributed by atoms with Crippen LogP contribution in [0.4, 0.5) is 5.69 Å². The summed E-state index contributed by atoms with van der Waals surface area (Å²) < 4.78 is 0. The zero-order valence-corrected chi connectivity index (χ0v) is 10.7. The number of aromatic amines is 1. The fourth-order valence-electron chi connectivity index (χ4n) is 1.93. The van der Waals surface area contributed by atoms with E-state index in [9.17, 15) is 4.79 Å². The molecule has 0 fully saturated rings. The Hall–Kier alpha value is -2.26. The Morgan fingerprint density at radius 2 is 1.84 bits per heavy atom. The zero-order valence-electron chi connectivity index (χ0n) is 9.98. The smallest absolute Gasteiger partial charge is 0.255 e. The van der Waals surface area contributed by atoms with E-state index in [0.29, 0.717) is 10.6 Å². The van der Waals surface area contributed by atoms with Gasteiger partial charge in [-0.25, -0.2) is 0 Å². The van der Waals surface area contributed by atoms with Crippen LogP contribution in [-0.2, 0) is 0 Å². The van der Waals surface area contributed by atoms with Crippen molar-refractivity contribution >= 4 is 34.1 Å². The first-order valence-electron chi connectivity index (χ1n) is 5.86. The van der Waals surface area contributed by atoms with Crippen molar-refractivity contribution < 1.29 is 4.79 Å². The average molecular weight is 271 g/mol. The van der Waals surface area contributed by atoms with Crippen LogP contribution in [-0.4, -0.2) is 10.9 Å². The topological polar surface area (TPSA) is 44.9 Å². The largest absolute Gasteiger partial charge is 0.361 e. The normalized spacial score (nSPS) is 10.6. The SMILES string of the molecule is O=C(Nc1ccc(Cl)cc1)c1ccc2[nH]ccc2c1. The van der Waals surface area contributed by atoms with Crippen molar-refractivity contribution in [3.05, 3.63) is 65.3 Å². The van der Waals surface area contributed by atoms with E-state index in [1.165, 1.54) is 0 Å². The number of carbonyl (C=O) groups is 1. The molecule has 0 atom stereocenters. The van der Waals surface area contributed by atoms with Crippen molar-refractivity contribution in [2.24, 2.45) is 0 Å². The van der Waals surface area contributed by atoms with E-state index in [2.05, 4.69) is 10.3 Å². The van der Waals surface area contributed by atoms with Crippen molar-refractivity contribution in [2.45, 2.75) is 0 Å². The summed E-state index contributed by atoms with van der Waals surface area (Å²) in [5.41, 5.74) is 2.37. The van der Waals surface area contributed by atoms with Crippen LogP contribution in [0.25, 0.3) is 10.9 Å². The van der Waals surface area contributed by atoms with E-state index in [1.54, 1.807) is 30.3 Å². The number of carbonyl (C=O) groups excluding carboxylic acids is 1. The number of aromatic nitrogens is 1. The Kier molecular flexibility index (Phi) is 2.97. The summed E-state index contributed by atoms with van der Waals surface area (Å²) in [4.78, 5) is 15.2. The van der Waals surface area contributed by atoms with E-state index in [4.69, 9.17) is 11.6 Å². The highest BCUT2D eigenvalue weighted by atomic mass is 35.5. The average Bonchev–Trinajstić information content (AvgIpc) is 2.88. The molecule has 0 radical (unpaired) electrons. The number of halogens is 1. The highest BCUT2D eigenvalue weighted by molar-refractivity contribution is 6.30. The molecule has 1 heterocycles. The lowest BCUT2D eigenvalue weighted by Crippen LogP contribution is -2.11. The lowest BCUT2D eigenvalue weighted by atomic mass is 10.1. The summed E-state index contributed by atoms with van der Waals surface area (Å²) in [5, 5.41) is 4.50. The Morgan fingerprint density at radius 1 is 1.05 bits per heavy atom. The van der Waals surface area contributed by atoms with Gasteiger partial charge in [-0.1, -0.05) is 11.6 Å². The number of nitrogens with one attached hydrogen (secondary N) is 2. The first-order valence-corrected chi connectivity index (χ1v) is 6.24. The number of amides is 1. The van der Waals surface area contributed by atoms with Crippen LogP contribution < -0.4 is 5.32 Å². The van der Waals surface area contributed by atoms with Gasteiger partial charge in [0.05, 0.1) is 0 Å². The van der Waals surface area contributed by atoms with Gasteiger partial charge in [-0.3, -0.25) is 4.79 Å². The Morgan fingerprint density at radius 3 is 2.63 bits per heavy atom. The second-order valence-electron chi connectivity index (χ2n) is 4.24. The number of anilines is 1. The summed E-state index contributed by atoms with van der Waals surface area (Å²) >= 11 is 5.80. The summed E-state index contributed by atoms with van der Waals surface area (Å²) in [6.45, 7) is 0. The number of rotatable bonds is 2. The molecule has 1 amide bonds. The van der Waals surface area contributed by atoms with Gasteiger partial charge >= 0.3 is 0 Å². The van der Waals surface area contributed by atoms with E-state index in [1.807, 2.05) is 24.4 Å². The maximum absolute atomic E-state index is 12.1. The van der Waals surface area contributed by atoms with Gasteiger partial charge in [0.2, 0.25) is 0 Å². The molecule has 2 aromatic carbocycles. The summed E-state index contributed by atoms with van der Waals surface area (Å²) in [6.07, 6.45) is 1.85. The van der Waals surface area contributed by atoms with Gasteiger partial charge < -0.3 is 10.3 Å². The van der Waals surface area contributed by atoms with Crippen LogP contribution in [0.1, 0.15) is 10.4 Å². The highest BCUT2D eigenvalue weighted by Crippen LogP contribution is 2.17. The molecule has 0 aliphatic carbocycles. The molecule has 0 bridgehead atoms. The molecule has 19 heavy (non-hydrogen) atoms. The van der Waals surface area contributed by atoms with Crippen LogP contribution in [0.15, 0.2) is 54.7 Å². The maximum atomic E-state index is 12.1. The van der Waals surface area contributed by atoms with Gasteiger partial charge in [0.15, 0.2) is 0 Å². The van der Waals surface area contributed by atoms with Crippen molar-refractivity contribution in [1.29, 1.82) is 0 Å². The molecule has 94 valence electrons. The molecule has 1 aromatic heterocycles. The second kappa shape index (κ2) is 4.78. The van der Waals surface area contributed by atoms with Gasteiger partial charge in [-0.15, -0.1) is 0 Å². The van der Waals surface area contributed by atoms with Crippen molar-refractivity contribution in [3.8, 4) is 0 Å². The van der Waals surface area contributed by atoms with Crippen molar-refractivity contribution in [2.75, 3.05) is 5.32 Å². The molecular formula is C15H11ClN2O. The quantitative estimate of drug-likeness (QED) is 0.724. The molecule has 2 N–H and O–H groups in total. The number of hydrogen-bond acceptors (Lipinski definition) is 1. The van der Waals surface area contributed by atoms with Gasteiger partial charge in [0.25, 0.3) is 5.91 Å². The van der Waals surface area contributed by atoms with E-state index < -0.39 is 0 Å². The first-order chi connectivity index (χ1) is 9.22. The lowest BCUT2D eigenvalue weighted by Gasteiger charge is -2.05. The molecule has 3 aromatic rings. The van der Waals surface area contributed by atoms with Gasteiger partial charge in [-0.05, 0) is 48.5 Å². The van der Waals surface area contributed by atoms with Crippen LogP contribution >= 0.6 is 11.6 Å². The second-order valence-corrected chi connectivity index (χ2v) is 4.68. The minimum absolute atomic E-state index is 0.134. The van der Waals surface area contributed by atoms with Crippen molar-refractivity contribution in [3.63, 3.8) is 0 Å². The molecule has 0 spiro atoms. The molecule has 4 heteroatoms. The third-order valence-corrected chi connectivity index (χ3v) is 3.17. The molecule has 0 unspecified atom stereocenters. The minimum Gasteiger partial charge on any atom is -0.361 e. The fourth-order valence-corrected chi connectivity index (χ4v) is 2.06. The first kappa shape index (κ1) is 11.8. The van der Waals surface area contributed by atoms with Crippen molar-refractivity contribution in [1.82, 2.24) is 4.98 Å². The van der Waals surface area contributed by atoms with Gasteiger partial charge in [0.1, 0.15) is 0 Å². The Bertz CT molecular complexity index is 731. The number of benzene rings is 2. The van der Waals surface area contributed by atoms with Gasteiger partial charge in [0, 0.05) is 33.4 Å². The number of H-pyrrole nitrogens is 1. The highest BCUT2D eigenvalue weighted by Gasteiger charge is 2.07. The number of hydrogen-bond donors (Lipinski definition) is 2. The van der Waals surface area contributed by atoms with Crippen LogP contribution in [0.2, 0.25) is 5.02 Å². The third kappa shape index (κ3) is 2.46. The molecule has 0 aliphatic rings. The van der Waals surface area contributed by atoms with Crippen LogP contribution in [0.3, 0.4) is 0 Å². The summed E-state index contributed by atoms with van der Waals surface area (Å²) in [5.74, 6) is -0.134. The minimum atomic E-state index is -0.134. The zero-order chi connectivity index (χ0) is 13.2. The van der Waals surface area contributed by atoms with Crippen LogP contribution in [0.5, 0.6) is 0 Å². The standard InChI is InChI=1S/C15H11ClN2O/c16-12-2-4-13(5-3-12)18-15(19)11-1-6-14-10(9-11)7-8-17-14/h1-9,17H,(H,18,19). The van der Waals surface area contributed by atoms with E-state index in [0.717, 1.165) is 16.6 Å².